The number of thiophene rings is 1. The molecule has 1 aromatic carbocycles. The molecule has 0 aliphatic rings. The van der Waals surface area contributed by atoms with Gasteiger partial charge in [0.1, 0.15) is 17.2 Å². The second kappa shape index (κ2) is 6.80. The molecule has 2 heterocycles. The van der Waals surface area contributed by atoms with Crippen LogP contribution >= 0.6 is 11.3 Å². The van der Waals surface area contributed by atoms with E-state index in [0.717, 1.165) is 28.0 Å². The molecule has 0 fully saturated rings. The summed E-state index contributed by atoms with van der Waals surface area (Å²) in [5.74, 6) is -0.497. The predicted octanol–water partition coefficient (Wildman–Crippen LogP) is 3.78. The summed E-state index contributed by atoms with van der Waals surface area (Å²) in [5.41, 5.74) is 2.70. The Morgan fingerprint density at radius 1 is 1.24 bits per heavy atom. The van der Waals surface area contributed by atoms with Gasteiger partial charge in [-0.25, -0.2) is 4.98 Å². The molecule has 2 aromatic heterocycles. The van der Waals surface area contributed by atoms with Gasteiger partial charge in [-0.05, 0) is 25.8 Å². The molecule has 6 heteroatoms. The van der Waals surface area contributed by atoms with Gasteiger partial charge in [-0.2, -0.15) is 0 Å². The van der Waals surface area contributed by atoms with Gasteiger partial charge in [-0.15, -0.1) is 11.3 Å². The molecule has 0 radical (unpaired) electrons. The first-order chi connectivity index (χ1) is 11.9. The standard InChI is InChI=1S/C19H20N2O3S/c1-4-5-14-20-18-17(19(24)21(14)10-15(22)23)16(12(3)25-18)13-8-6-11(2)7-9-13/h6-9H,4-5,10H2,1-3H3,(H,22,23). The zero-order valence-electron chi connectivity index (χ0n) is 14.5. The molecule has 5 nitrogen and oxygen atoms in total. The third-order valence-corrected chi connectivity index (χ3v) is 5.17. The maximum absolute atomic E-state index is 13.1. The van der Waals surface area contributed by atoms with Crippen molar-refractivity contribution in [3.63, 3.8) is 0 Å². The highest BCUT2D eigenvalue weighted by Gasteiger charge is 2.20. The van der Waals surface area contributed by atoms with Crippen molar-refractivity contribution in [1.29, 1.82) is 0 Å². The van der Waals surface area contributed by atoms with Crippen molar-refractivity contribution in [2.24, 2.45) is 0 Å². The number of nitrogens with zero attached hydrogens (tertiary/aromatic N) is 2. The highest BCUT2D eigenvalue weighted by molar-refractivity contribution is 7.19. The number of carboxylic acids is 1. The Hall–Kier alpha value is -2.47. The molecule has 0 aliphatic carbocycles. The Morgan fingerprint density at radius 2 is 1.92 bits per heavy atom. The topological polar surface area (TPSA) is 72.2 Å². The van der Waals surface area contributed by atoms with E-state index >= 15 is 0 Å². The van der Waals surface area contributed by atoms with E-state index in [-0.39, 0.29) is 12.1 Å². The second-order valence-electron chi connectivity index (χ2n) is 6.14. The molecule has 25 heavy (non-hydrogen) atoms. The van der Waals surface area contributed by atoms with Crippen LogP contribution in [0.4, 0.5) is 0 Å². The lowest BCUT2D eigenvalue weighted by Crippen LogP contribution is -2.28. The SMILES string of the molecule is CCCc1nc2sc(C)c(-c3ccc(C)cc3)c2c(=O)n1CC(=O)O. The first kappa shape index (κ1) is 17.4. The molecule has 0 saturated heterocycles. The number of aromatic nitrogens is 2. The summed E-state index contributed by atoms with van der Waals surface area (Å²) in [4.78, 5) is 30.6. The summed E-state index contributed by atoms with van der Waals surface area (Å²) in [6.07, 6.45) is 1.38. The van der Waals surface area contributed by atoms with Gasteiger partial charge in [0.05, 0.1) is 5.39 Å². The monoisotopic (exact) mass is 356 g/mol. The minimum absolute atomic E-state index is 0.268. The van der Waals surface area contributed by atoms with Crippen LogP contribution in [0.15, 0.2) is 29.1 Å². The summed E-state index contributed by atoms with van der Waals surface area (Å²) in [6.45, 7) is 5.61. The van der Waals surface area contributed by atoms with E-state index < -0.39 is 5.97 Å². The highest BCUT2D eigenvalue weighted by Crippen LogP contribution is 2.35. The van der Waals surface area contributed by atoms with Crippen molar-refractivity contribution in [1.82, 2.24) is 9.55 Å². The quantitative estimate of drug-likeness (QED) is 0.755. The van der Waals surface area contributed by atoms with Gasteiger partial charge in [0.25, 0.3) is 5.56 Å². The molecule has 0 bridgehead atoms. The molecule has 0 atom stereocenters. The van der Waals surface area contributed by atoms with Crippen LogP contribution in [0.5, 0.6) is 0 Å². The van der Waals surface area contributed by atoms with E-state index in [4.69, 9.17) is 0 Å². The maximum atomic E-state index is 13.1. The van der Waals surface area contributed by atoms with Gasteiger partial charge in [-0.3, -0.25) is 14.2 Å². The van der Waals surface area contributed by atoms with Crippen molar-refractivity contribution in [2.45, 2.75) is 40.2 Å². The summed E-state index contributed by atoms with van der Waals surface area (Å²) in [6, 6.07) is 8.00. The number of carbonyl (C=O) groups is 1. The Kier molecular flexibility index (Phi) is 4.72. The van der Waals surface area contributed by atoms with Crippen molar-refractivity contribution in [3.8, 4) is 11.1 Å². The van der Waals surface area contributed by atoms with Crippen molar-refractivity contribution >= 4 is 27.5 Å². The van der Waals surface area contributed by atoms with Crippen molar-refractivity contribution in [3.05, 3.63) is 50.9 Å². The molecule has 0 amide bonds. The normalized spacial score (nSPS) is 11.2. The third kappa shape index (κ3) is 3.22. The summed E-state index contributed by atoms with van der Waals surface area (Å²) < 4.78 is 1.30. The number of fused-ring (bicyclic) bond motifs is 1. The lowest BCUT2D eigenvalue weighted by Gasteiger charge is -2.10. The summed E-state index contributed by atoms with van der Waals surface area (Å²) in [5, 5.41) is 9.71. The van der Waals surface area contributed by atoms with E-state index in [9.17, 15) is 14.7 Å². The number of rotatable bonds is 5. The molecule has 3 aromatic rings. The maximum Gasteiger partial charge on any atom is 0.323 e. The summed E-state index contributed by atoms with van der Waals surface area (Å²) in [7, 11) is 0. The van der Waals surface area contributed by atoms with Gasteiger partial charge in [0.15, 0.2) is 0 Å². The number of hydrogen-bond acceptors (Lipinski definition) is 4. The van der Waals surface area contributed by atoms with Crippen LogP contribution in [-0.2, 0) is 17.8 Å². The Bertz CT molecular complexity index is 1000. The largest absolute Gasteiger partial charge is 0.480 e. The zero-order valence-corrected chi connectivity index (χ0v) is 15.3. The van der Waals surface area contributed by atoms with Gasteiger partial charge in [0.2, 0.25) is 0 Å². The lowest BCUT2D eigenvalue weighted by atomic mass is 10.0. The van der Waals surface area contributed by atoms with Crippen LogP contribution < -0.4 is 5.56 Å². The summed E-state index contributed by atoms with van der Waals surface area (Å²) >= 11 is 1.49. The van der Waals surface area contributed by atoms with Crippen LogP contribution in [-0.4, -0.2) is 20.6 Å². The molecule has 1 N–H and O–H groups in total. The average molecular weight is 356 g/mol. The lowest BCUT2D eigenvalue weighted by molar-refractivity contribution is -0.137. The van der Waals surface area contributed by atoms with Crippen LogP contribution in [0.3, 0.4) is 0 Å². The second-order valence-corrected chi connectivity index (χ2v) is 7.35. The van der Waals surface area contributed by atoms with E-state index in [0.29, 0.717) is 22.5 Å². The minimum atomic E-state index is -1.04. The van der Waals surface area contributed by atoms with Crippen LogP contribution in [0.2, 0.25) is 0 Å². The molecular weight excluding hydrogens is 336 g/mol. The van der Waals surface area contributed by atoms with Crippen LogP contribution in [0.1, 0.15) is 29.6 Å². The molecule has 0 aliphatic heterocycles. The zero-order chi connectivity index (χ0) is 18.1. The third-order valence-electron chi connectivity index (χ3n) is 4.17. The van der Waals surface area contributed by atoms with Crippen LogP contribution in [0.25, 0.3) is 21.3 Å². The molecule has 130 valence electrons. The fraction of sp³-hybridized carbons (Fsp3) is 0.316. The molecule has 0 spiro atoms. The van der Waals surface area contributed by atoms with Crippen LogP contribution in [0, 0.1) is 13.8 Å². The van der Waals surface area contributed by atoms with Crippen molar-refractivity contribution < 1.29 is 9.90 Å². The van der Waals surface area contributed by atoms with Gasteiger partial charge in [-0.1, -0.05) is 36.8 Å². The van der Waals surface area contributed by atoms with E-state index in [1.165, 1.54) is 15.9 Å². The smallest absolute Gasteiger partial charge is 0.323 e. The number of aliphatic carboxylic acids is 1. The number of benzene rings is 1. The van der Waals surface area contributed by atoms with Gasteiger partial charge in [0, 0.05) is 16.9 Å². The predicted molar refractivity (Wildman–Crippen MR) is 100 cm³/mol. The first-order valence-corrected chi connectivity index (χ1v) is 9.05. The van der Waals surface area contributed by atoms with E-state index in [1.807, 2.05) is 45.0 Å². The number of aryl methyl sites for hydroxylation is 3. The first-order valence-electron chi connectivity index (χ1n) is 8.24. The average Bonchev–Trinajstić information content (AvgIpc) is 2.88. The molecule has 3 rings (SSSR count). The Balaban J connectivity index is 2.33. The minimum Gasteiger partial charge on any atom is -0.480 e. The molecule has 0 unspecified atom stereocenters. The fourth-order valence-corrected chi connectivity index (χ4v) is 4.07. The fourth-order valence-electron chi connectivity index (χ4n) is 3.02. The number of hydrogen-bond donors (Lipinski definition) is 1. The Labute approximate surface area is 149 Å². The molecule has 0 saturated carbocycles. The van der Waals surface area contributed by atoms with E-state index in [1.54, 1.807) is 0 Å². The van der Waals surface area contributed by atoms with E-state index in [2.05, 4.69) is 4.98 Å². The van der Waals surface area contributed by atoms with Gasteiger partial charge < -0.3 is 5.11 Å². The van der Waals surface area contributed by atoms with Gasteiger partial charge >= 0.3 is 5.97 Å². The highest BCUT2D eigenvalue weighted by atomic mass is 32.1. The molecular formula is C19H20N2O3S. The van der Waals surface area contributed by atoms with Crippen molar-refractivity contribution in [2.75, 3.05) is 0 Å². The number of carboxylic acid groups (broad SMARTS) is 1. The Morgan fingerprint density at radius 3 is 2.52 bits per heavy atom.